The molecule has 0 aliphatic carbocycles. The number of hydrogen-bond acceptors (Lipinski definition) is 4. The largest absolute Gasteiger partial charge is 0.322 e. The second-order valence-electron chi connectivity index (χ2n) is 6.77. The number of halogens is 2. The molecule has 1 amide bonds. The molecule has 3 rings (SSSR count). The van der Waals surface area contributed by atoms with Crippen LogP contribution in [0.1, 0.15) is 15.9 Å². The van der Waals surface area contributed by atoms with Crippen LogP contribution in [0.2, 0.25) is 0 Å². The van der Waals surface area contributed by atoms with Gasteiger partial charge in [0.15, 0.2) is 11.6 Å². The third-order valence-electron chi connectivity index (χ3n) is 4.71. The highest BCUT2D eigenvalue weighted by atomic mass is 32.2. The average Bonchev–Trinajstić information content (AvgIpc) is 2.65. The fourth-order valence-corrected chi connectivity index (χ4v) is 4.64. The number of anilines is 1. The van der Waals surface area contributed by atoms with Crippen LogP contribution in [0.3, 0.4) is 0 Å². The van der Waals surface area contributed by atoms with Crippen LogP contribution in [-0.2, 0) is 10.0 Å². The molecule has 28 heavy (non-hydrogen) atoms. The van der Waals surface area contributed by atoms with Gasteiger partial charge in [-0.2, -0.15) is 4.31 Å². The number of amides is 1. The molecule has 1 heterocycles. The maximum absolute atomic E-state index is 13.3. The molecule has 1 saturated heterocycles. The van der Waals surface area contributed by atoms with E-state index in [0.29, 0.717) is 31.7 Å². The van der Waals surface area contributed by atoms with Gasteiger partial charge in [0.25, 0.3) is 5.91 Å². The minimum Gasteiger partial charge on any atom is -0.322 e. The van der Waals surface area contributed by atoms with E-state index in [9.17, 15) is 22.0 Å². The number of rotatable bonds is 4. The molecular weight excluding hydrogens is 388 g/mol. The number of hydrogen-bond donors (Lipinski definition) is 1. The highest BCUT2D eigenvalue weighted by Crippen LogP contribution is 2.23. The first-order valence-electron chi connectivity index (χ1n) is 8.74. The zero-order valence-electron chi connectivity index (χ0n) is 15.6. The maximum Gasteiger partial charge on any atom is 0.255 e. The number of piperazine rings is 1. The van der Waals surface area contributed by atoms with E-state index in [0.717, 1.165) is 12.1 Å². The van der Waals surface area contributed by atoms with Crippen LogP contribution in [0.15, 0.2) is 41.3 Å². The first-order valence-corrected chi connectivity index (χ1v) is 10.2. The zero-order valence-corrected chi connectivity index (χ0v) is 16.4. The summed E-state index contributed by atoms with van der Waals surface area (Å²) in [6, 6.07) is 7.37. The van der Waals surface area contributed by atoms with Gasteiger partial charge in [0.1, 0.15) is 0 Å². The van der Waals surface area contributed by atoms with Gasteiger partial charge < -0.3 is 10.2 Å². The van der Waals surface area contributed by atoms with E-state index in [4.69, 9.17) is 0 Å². The summed E-state index contributed by atoms with van der Waals surface area (Å²) < 4.78 is 53.8. The molecule has 0 radical (unpaired) electrons. The van der Waals surface area contributed by atoms with Crippen LogP contribution in [0.25, 0.3) is 0 Å². The van der Waals surface area contributed by atoms with Crippen LogP contribution in [0.5, 0.6) is 0 Å². The summed E-state index contributed by atoms with van der Waals surface area (Å²) in [6.07, 6.45) is 0. The molecule has 1 N–H and O–H groups in total. The minimum absolute atomic E-state index is 0.0648. The molecular formula is C19H21F2N3O3S. The summed E-state index contributed by atoms with van der Waals surface area (Å²) in [5.74, 6) is -2.71. The highest BCUT2D eigenvalue weighted by Gasteiger charge is 2.29. The third-order valence-corrected chi connectivity index (χ3v) is 6.75. The molecule has 0 bridgehead atoms. The van der Waals surface area contributed by atoms with Gasteiger partial charge in [0.05, 0.1) is 4.90 Å². The van der Waals surface area contributed by atoms with E-state index in [2.05, 4.69) is 5.32 Å². The van der Waals surface area contributed by atoms with Crippen molar-refractivity contribution in [1.29, 1.82) is 0 Å². The highest BCUT2D eigenvalue weighted by molar-refractivity contribution is 7.89. The Bertz CT molecular complexity index is 1000. The van der Waals surface area contributed by atoms with Gasteiger partial charge in [0.2, 0.25) is 10.0 Å². The lowest BCUT2D eigenvalue weighted by Gasteiger charge is -2.32. The van der Waals surface area contributed by atoms with E-state index in [1.807, 2.05) is 11.9 Å². The predicted molar refractivity (Wildman–Crippen MR) is 102 cm³/mol. The Kier molecular flexibility index (Phi) is 5.78. The molecule has 9 heteroatoms. The van der Waals surface area contributed by atoms with Crippen LogP contribution in [0.4, 0.5) is 14.5 Å². The van der Waals surface area contributed by atoms with E-state index >= 15 is 0 Å². The summed E-state index contributed by atoms with van der Waals surface area (Å²) >= 11 is 0. The summed E-state index contributed by atoms with van der Waals surface area (Å²) in [5.41, 5.74) is 0.722. The van der Waals surface area contributed by atoms with Crippen LogP contribution in [-0.4, -0.2) is 56.8 Å². The quantitative estimate of drug-likeness (QED) is 0.842. The number of sulfonamides is 1. The van der Waals surface area contributed by atoms with Crippen molar-refractivity contribution in [2.24, 2.45) is 0 Å². The SMILES string of the molecule is Cc1ccc(C(=O)Nc2ccc(F)c(F)c2)cc1S(=O)(=O)N1CCN(C)CC1. The molecule has 0 spiro atoms. The van der Waals surface area contributed by atoms with Gasteiger partial charge >= 0.3 is 0 Å². The van der Waals surface area contributed by atoms with E-state index in [1.165, 1.54) is 22.5 Å². The third kappa shape index (κ3) is 4.21. The molecule has 0 atom stereocenters. The Labute approximate surface area is 162 Å². The molecule has 0 saturated carbocycles. The van der Waals surface area contributed by atoms with Crippen molar-refractivity contribution in [3.63, 3.8) is 0 Å². The number of aryl methyl sites for hydroxylation is 1. The van der Waals surface area contributed by atoms with Crippen LogP contribution >= 0.6 is 0 Å². The van der Waals surface area contributed by atoms with Crippen molar-refractivity contribution in [2.75, 3.05) is 38.5 Å². The lowest BCUT2D eigenvalue weighted by Crippen LogP contribution is -2.47. The standard InChI is InChI=1S/C19H21F2N3O3S/c1-13-3-4-14(19(25)22-15-5-6-16(20)17(21)12-15)11-18(13)28(26,27)24-9-7-23(2)8-10-24/h3-6,11-12H,7-10H2,1-2H3,(H,22,25). The van der Waals surface area contributed by atoms with Crippen molar-refractivity contribution in [2.45, 2.75) is 11.8 Å². The fraction of sp³-hybridized carbons (Fsp3) is 0.316. The van der Waals surface area contributed by atoms with Crippen molar-refractivity contribution in [3.8, 4) is 0 Å². The fourth-order valence-electron chi connectivity index (χ4n) is 2.96. The van der Waals surface area contributed by atoms with E-state index < -0.39 is 27.6 Å². The number of carbonyl (C=O) groups excluding carboxylic acids is 1. The van der Waals surface area contributed by atoms with Crippen LogP contribution in [0, 0.1) is 18.6 Å². The molecule has 1 aliphatic heterocycles. The Hall–Kier alpha value is -2.36. The average molecular weight is 409 g/mol. The number of nitrogens with one attached hydrogen (secondary N) is 1. The van der Waals surface area contributed by atoms with Gasteiger partial charge in [-0.3, -0.25) is 4.79 Å². The Morgan fingerprint density at radius 2 is 1.68 bits per heavy atom. The Balaban J connectivity index is 1.86. The smallest absolute Gasteiger partial charge is 0.255 e. The van der Waals surface area contributed by atoms with E-state index in [-0.39, 0.29) is 16.1 Å². The molecule has 150 valence electrons. The van der Waals surface area contributed by atoms with Crippen molar-refractivity contribution < 1.29 is 22.0 Å². The van der Waals surface area contributed by atoms with Gasteiger partial charge in [-0.15, -0.1) is 0 Å². The monoisotopic (exact) mass is 409 g/mol. The minimum atomic E-state index is -3.74. The molecule has 0 aromatic heterocycles. The van der Waals surface area contributed by atoms with Gasteiger partial charge in [-0.25, -0.2) is 17.2 Å². The number of carbonyl (C=O) groups is 1. The number of likely N-dealkylation sites (N-methyl/N-ethyl adjacent to an activating group) is 1. The molecule has 2 aromatic carbocycles. The Morgan fingerprint density at radius 1 is 1.00 bits per heavy atom. The maximum atomic E-state index is 13.3. The van der Waals surface area contributed by atoms with Gasteiger partial charge in [-0.1, -0.05) is 6.07 Å². The summed E-state index contributed by atoms with van der Waals surface area (Å²) in [4.78, 5) is 14.6. The molecule has 1 fully saturated rings. The van der Waals surface area contributed by atoms with Crippen molar-refractivity contribution in [3.05, 3.63) is 59.2 Å². The molecule has 1 aliphatic rings. The lowest BCUT2D eigenvalue weighted by atomic mass is 10.1. The first-order chi connectivity index (χ1) is 13.2. The molecule has 0 unspecified atom stereocenters. The van der Waals surface area contributed by atoms with Crippen molar-refractivity contribution >= 4 is 21.6 Å². The zero-order chi connectivity index (χ0) is 20.5. The number of nitrogens with zero attached hydrogens (tertiary/aromatic N) is 2. The van der Waals surface area contributed by atoms with E-state index in [1.54, 1.807) is 13.0 Å². The molecule has 2 aromatic rings. The second kappa shape index (κ2) is 7.94. The normalized spacial score (nSPS) is 16.1. The summed E-state index contributed by atoms with van der Waals surface area (Å²) in [7, 11) is -1.81. The summed E-state index contributed by atoms with van der Waals surface area (Å²) in [5, 5.41) is 2.45. The van der Waals surface area contributed by atoms with Gasteiger partial charge in [-0.05, 0) is 43.8 Å². The topological polar surface area (TPSA) is 69.7 Å². The Morgan fingerprint density at radius 3 is 2.32 bits per heavy atom. The summed E-state index contributed by atoms with van der Waals surface area (Å²) in [6.45, 7) is 3.69. The number of benzene rings is 2. The first kappa shape index (κ1) is 20.4. The predicted octanol–water partition coefficient (Wildman–Crippen LogP) is 2.46. The molecule has 6 nitrogen and oxygen atoms in total. The van der Waals surface area contributed by atoms with Crippen molar-refractivity contribution in [1.82, 2.24) is 9.21 Å². The lowest BCUT2D eigenvalue weighted by molar-refractivity contribution is 0.102. The van der Waals surface area contributed by atoms with Crippen LogP contribution < -0.4 is 5.32 Å². The second-order valence-corrected chi connectivity index (χ2v) is 8.68. The van der Waals surface area contributed by atoms with Gasteiger partial charge in [0, 0.05) is 43.5 Å².